The van der Waals surface area contributed by atoms with Crippen molar-refractivity contribution in [1.82, 2.24) is 10.2 Å². The zero-order chi connectivity index (χ0) is 12.4. The summed E-state index contributed by atoms with van der Waals surface area (Å²) >= 11 is 0. The van der Waals surface area contributed by atoms with Crippen LogP contribution in [-0.4, -0.2) is 30.1 Å². The highest BCUT2D eigenvalue weighted by atomic mass is 16.3. The molecule has 3 unspecified atom stereocenters. The van der Waals surface area contributed by atoms with Gasteiger partial charge in [0, 0.05) is 25.2 Å². The lowest BCUT2D eigenvalue weighted by Crippen LogP contribution is -2.57. The Morgan fingerprint density at radius 1 is 1.41 bits per heavy atom. The Balaban J connectivity index is 2.14. The molecule has 2 heterocycles. The predicted molar refractivity (Wildman–Crippen MR) is 69.9 cm³/mol. The molecule has 17 heavy (non-hydrogen) atoms. The summed E-state index contributed by atoms with van der Waals surface area (Å²) in [6.07, 6.45) is 1.77. The maximum absolute atomic E-state index is 5.55. The van der Waals surface area contributed by atoms with E-state index in [0.717, 1.165) is 18.8 Å². The van der Waals surface area contributed by atoms with Gasteiger partial charge < -0.3 is 9.73 Å². The van der Waals surface area contributed by atoms with Crippen molar-refractivity contribution >= 4 is 0 Å². The molecule has 2 rings (SSSR count). The number of hydrogen-bond donors (Lipinski definition) is 1. The van der Waals surface area contributed by atoms with Crippen LogP contribution in [0.3, 0.4) is 0 Å². The highest BCUT2D eigenvalue weighted by molar-refractivity contribution is 5.05. The van der Waals surface area contributed by atoms with E-state index >= 15 is 0 Å². The van der Waals surface area contributed by atoms with Gasteiger partial charge >= 0.3 is 0 Å². The number of furan rings is 1. The van der Waals surface area contributed by atoms with E-state index < -0.39 is 0 Å². The van der Waals surface area contributed by atoms with Crippen molar-refractivity contribution in [3.05, 3.63) is 24.2 Å². The molecule has 0 amide bonds. The van der Waals surface area contributed by atoms with Crippen LogP contribution in [-0.2, 0) is 0 Å². The number of nitrogens with one attached hydrogen (secondary N) is 1. The van der Waals surface area contributed by atoms with Gasteiger partial charge in [-0.2, -0.15) is 0 Å². The van der Waals surface area contributed by atoms with Crippen LogP contribution in [0, 0.1) is 5.92 Å². The summed E-state index contributed by atoms with van der Waals surface area (Å²) in [6, 6.07) is 5.56. The van der Waals surface area contributed by atoms with Crippen LogP contribution in [0.25, 0.3) is 0 Å². The van der Waals surface area contributed by atoms with Gasteiger partial charge in [0.1, 0.15) is 5.76 Å². The third-order valence-corrected chi connectivity index (χ3v) is 3.81. The number of rotatable bonds is 3. The quantitative estimate of drug-likeness (QED) is 0.874. The van der Waals surface area contributed by atoms with E-state index in [0.29, 0.717) is 24.0 Å². The average molecular weight is 236 g/mol. The van der Waals surface area contributed by atoms with Gasteiger partial charge in [-0.3, -0.25) is 4.90 Å². The van der Waals surface area contributed by atoms with Gasteiger partial charge in [-0.25, -0.2) is 0 Å². The van der Waals surface area contributed by atoms with E-state index in [2.05, 4.69) is 44.0 Å². The molecule has 1 saturated heterocycles. The average Bonchev–Trinajstić information content (AvgIpc) is 2.80. The molecule has 1 N–H and O–H groups in total. The zero-order valence-corrected chi connectivity index (χ0v) is 11.3. The van der Waals surface area contributed by atoms with Gasteiger partial charge in [0.15, 0.2) is 0 Å². The highest BCUT2D eigenvalue weighted by Crippen LogP contribution is 2.27. The zero-order valence-electron chi connectivity index (χ0n) is 11.3. The second kappa shape index (κ2) is 5.23. The molecule has 0 aromatic carbocycles. The van der Waals surface area contributed by atoms with Gasteiger partial charge in [0.25, 0.3) is 0 Å². The summed E-state index contributed by atoms with van der Waals surface area (Å²) in [5.74, 6) is 1.73. The van der Waals surface area contributed by atoms with Crippen molar-refractivity contribution in [3.63, 3.8) is 0 Å². The molecule has 1 aromatic rings. The van der Waals surface area contributed by atoms with Crippen LogP contribution >= 0.6 is 0 Å². The molecule has 0 bridgehead atoms. The summed E-state index contributed by atoms with van der Waals surface area (Å²) in [4.78, 5) is 2.57. The molecule has 3 atom stereocenters. The minimum Gasteiger partial charge on any atom is -0.468 e. The Bertz CT molecular complexity index is 334. The summed E-state index contributed by atoms with van der Waals surface area (Å²) in [5.41, 5.74) is 0. The molecule has 0 saturated carbocycles. The van der Waals surface area contributed by atoms with Crippen LogP contribution in [0.2, 0.25) is 0 Å². The summed E-state index contributed by atoms with van der Waals surface area (Å²) < 4.78 is 5.55. The van der Waals surface area contributed by atoms with E-state index in [1.54, 1.807) is 6.26 Å². The van der Waals surface area contributed by atoms with Crippen LogP contribution in [0.15, 0.2) is 22.8 Å². The topological polar surface area (TPSA) is 28.4 Å². The Morgan fingerprint density at radius 2 is 2.18 bits per heavy atom. The van der Waals surface area contributed by atoms with Crippen molar-refractivity contribution in [1.29, 1.82) is 0 Å². The smallest absolute Gasteiger partial charge is 0.120 e. The van der Waals surface area contributed by atoms with E-state index in [1.165, 1.54) is 0 Å². The molecular weight excluding hydrogens is 212 g/mol. The largest absolute Gasteiger partial charge is 0.468 e. The molecular formula is C14H24N2O. The molecule has 1 aliphatic heterocycles. The third-order valence-electron chi connectivity index (χ3n) is 3.81. The molecule has 1 aromatic heterocycles. The molecule has 96 valence electrons. The van der Waals surface area contributed by atoms with E-state index in [9.17, 15) is 0 Å². The molecule has 0 spiro atoms. The first kappa shape index (κ1) is 12.7. The van der Waals surface area contributed by atoms with Crippen molar-refractivity contribution in [2.75, 3.05) is 13.1 Å². The first-order chi connectivity index (χ1) is 8.09. The van der Waals surface area contributed by atoms with Crippen molar-refractivity contribution < 1.29 is 4.42 Å². The Hall–Kier alpha value is -0.800. The molecule has 0 aliphatic carbocycles. The standard InChI is InChI=1S/C14H24N2O/c1-10(2)13-8-15-11(3)9-16(13)12(4)14-6-5-7-17-14/h5-7,10-13,15H,8-9H2,1-4H3. The minimum absolute atomic E-state index is 0.363. The summed E-state index contributed by atoms with van der Waals surface area (Å²) in [6.45, 7) is 11.2. The van der Waals surface area contributed by atoms with Gasteiger partial charge in [0.05, 0.1) is 12.3 Å². The van der Waals surface area contributed by atoms with Crippen LogP contribution in [0.4, 0.5) is 0 Å². The molecule has 0 radical (unpaired) electrons. The minimum atomic E-state index is 0.363. The SMILES string of the molecule is CC1CN(C(C)c2ccco2)C(C(C)C)CN1. The van der Waals surface area contributed by atoms with Gasteiger partial charge in [-0.15, -0.1) is 0 Å². The Kier molecular flexibility index (Phi) is 3.89. The fraction of sp³-hybridized carbons (Fsp3) is 0.714. The van der Waals surface area contributed by atoms with E-state index in [-0.39, 0.29) is 0 Å². The molecule has 1 fully saturated rings. The second-order valence-corrected chi connectivity index (χ2v) is 5.51. The highest BCUT2D eigenvalue weighted by Gasteiger charge is 2.32. The van der Waals surface area contributed by atoms with Crippen molar-refractivity contribution in [3.8, 4) is 0 Å². The fourth-order valence-corrected chi connectivity index (χ4v) is 2.71. The van der Waals surface area contributed by atoms with Gasteiger partial charge in [-0.1, -0.05) is 13.8 Å². The lowest BCUT2D eigenvalue weighted by molar-refractivity contribution is 0.0568. The van der Waals surface area contributed by atoms with Gasteiger partial charge in [-0.05, 0) is 31.9 Å². The first-order valence-electron chi connectivity index (χ1n) is 6.62. The number of hydrogen-bond acceptors (Lipinski definition) is 3. The van der Waals surface area contributed by atoms with Crippen LogP contribution < -0.4 is 5.32 Å². The van der Waals surface area contributed by atoms with Crippen LogP contribution in [0.1, 0.15) is 39.5 Å². The molecule has 1 aliphatic rings. The predicted octanol–water partition coefficient (Wildman–Crippen LogP) is 2.66. The Morgan fingerprint density at radius 3 is 2.76 bits per heavy atom. The second-order valence-electron chi connectivity index (χ2n) is 5.51. The van der Waals surface area contributed by atoms with Gasteiger partial charge in [0.2, 0.25) is 0 Å². The third kappa shape index (κ3) is 2.72. The first-order valence-corrected chi connectivity index (χ1v) is 6.62. The molecule has 3 nitrogen and oxygen atoms in total. The normalized spacial score (nSPS) is 28.5. The fourth-order valence-electron chi connectivity index (χ4n) is 2.71. The lowest BCUT2D eigenvalue weighted by atomic mass is 9.96. The number of piperazine rings is 1. The lowest BCUT2D eigenvalue weighted by Gasteiger charge is -2.44. The maximum atomic E-state index is 5.55. The van der Waals surface area contributed by atoms with E-state index in [1.807, 2.05) is 6.07 Å². The monoisotopic (exact) mass is 236 g/mol. The summed E-state index contributed by atoms with van der Waals surface area (Å²) in [5, 5.41) is 3.57. The van der Waals surface area contributed by atoms with Crippen molar-refractivity contribution in [2.45, 2.75) is 45.8 Å². The summed E-state index contributed by atoms with van der Waals surface area (Å²) in [7, 11) is 0. The van der Waals surface area contributed by atoms with E-state index in [4.69, 9.17) is 4.42 Å². The Labute approximate surface area is 104 Å². The van der Waals surface area contributed by atoms with Crippen LogP contribution in [0.5, 0.6) is 0 Å². The molecule has 3 heteroatoms. The number of nitrogens with zero attached hydrogens (tertiary/aromatic N) is 1. The maximum Gasteiger partial charge on any atom is 0.120 e. The van der Waals surface area contributed by atoms with Crippen molar-refractivity contribution in [2.24, 2.45) is 5.92 Å².